The molecule has 2 aromatic carbocycles. The Bertz CT molecular complexity index is 822. The highest BCUT2D eigenvalue weighted by Crippen LogP contribution is 2.18. The van der Waals surface area contributed by atoms with Crippen molar-refractivity contribution in [3.05, 3.63) is 60.3 Å². The Kier molecular flexibility index (Phi) is 5.82. The van der Waals surface area contributed by atoms with Crippen molar-refractivity contribution in [1.82, 2.24) is 15.2 Å². The number of ether oxygens (including phenoxy) is 2. The van der Waals surface area contributed by atoms with Crippen LogP contribution in [-0.2, 0) is 6.54 Å². The van der Waals surface area contributed by atoms with Crippen LogP contribution in [0.3, 0.4) is 0 Å². The molecule has 0 saturated heterocycles. The van der Waals surface area contributed by atoms with Crippen molar-refractivity contribution >= 4 is 17.5 Å². The summed E-state index contributed by atoms with van der Waals surface area (Å²) in [7, 11) is 1.65. The first-order valence-electron chi connectivity index (χ1n) is 8.33. The molecular formula is C19H21N5O2. The Labute approximate surface area is 152 Å². The molecule has 0 bridgehead atoms. The first-order valence-corrected chi connectivity index (χ1v) is 8.33. The van der Waals surface area contributed by atoms with E-state index in [1.54, 1.807) is 13.3 Å². The summed E-state index contributed by atoms with van der Waals surface area (Å²) in [5.74, 6) is 2.73. The van der Waals surface area contributed by atoms with Crippen LogP contribution in [0.1, 0.15) is 12.5 Å². The van der Waals surface area contributed by atoms with Crippen LogP contribution in [-0.4, -0.2) is 28.9 Å². The first kappa shape index (κ1) is 17.5. The zero-order chi connectivity index (χ0) is 18.2. The van der Waals surface area contributed by atoms with E-state index in [0.717, 1.165) is 22.7 Å². The lowest BCUT2D eigenvalue weighted by Crippen LogP contribution is -2.05. The van der Waals surface area contributed by atoms with Gasteiger partial charge in [0.05, 0.1) is 19.9 Å². The van der Waals surface area contributed by atoms with Gasteiger partial charge in [-0.2, -0.15) is 10.1 Å². The number of hydrogen-bond donors (Lipinski definition) is 2. The van der Waals surface area contributed by atoms with E-state index in [1.807, 2.05) is 55.5 Å². The van der Waals surface area contributed by atoms with Crippen molar-refractivity contribution in [1.29, 1.82) is 0 Å². The van der Waals surface area contributed by atoms with Crippen molar-refractivity contribution in [2.45, 2.75) is 13.5 Å². The van der Waals surface area contributed by atoms with E-state index in [0.29, 0.717) is 24.9 Å². The third kappa shape index (κ3) is 4.83. The van der Waals surface area contributed by atoms with Crippen LogP contribution in [0.4, 0.5) is 17.5 Å². The maximum absolute atomic E-state index is 5.43. The van der Waals surface area contributed by atoms with E-state index in [9.17, 15) is 0 Å². The van der Waals surface area contributed by atoms with E-state index in [1.165, 1.54) is 0 Å². The monoisotopic (exact) mass is 351 g/mol. The summed E-state index contributed by atoms with van der Waals surface area (Å²) in [6.07, 6.45) is 1.59. The predicted molar refractivity (Wildman–Crippen MR) is 101 cm³/mol. The summed E-state index contributed by atoms with van der Waals surface area (Å²) in [5.41, 5.74) is 1.98. The molecule has 0 saturated carbocycles. The van der Waals surface area contributed by atoms with Crippen molar-refractivity contribution in [3.63, 3.8) is 0 Å². The molecule has 0 aliphatic heterocycles. The standard InChI is InChI=1S/C19H21N5O2/c1-3-26-17-10-6-15(7-11-17)22-19-23-18(13-21-24-19)20-12-14-4-8-16(25-2)9-5-14/h4-11,13H,3,12H2,1-2H3,(H2,20,22,23,24). The highest BCUT2D eigenvalue weighted by Gasteiger charge is 2.03. The molecule has 1 aromatic heterocycles. The number of nitrogens with zero attached hydrogens (tertiary/aromatic N) is 3. The van der Waals surface area contributed by atoms with Gasteiger partial charge in [0, 0.05) is 12.2 Å². The van der Waals surface area contributed by atoms with Gasteiger partial charge in [0.1, 0.15) is 11.5 Å². The van der Waals surface area contributed by atoms with Gasteiger partial charge in [-0.1, -0.05) is 12.1 Å². The van der Waals surface area contributed by atoms with Gasteiger partial charge in [-0.05, 0) is 48.9 Å². The maximum atomic E-state index is 5.43. The van der Waals surface area contributed by atoms with E-state index in [-0.39, 0.29) is 0 Å². The summed E-state index contributed by atoms with van der Waals surface area (Å²) in [6, 6.07) is 15.5. The number of rotatable bonds is 8. The number of hydrogen-bond acceptors (Lipinski definition) is 7. The number of anilines is 3. The van der Waals surface area contributed by atoms with E-state index < -0.39 is 0 Å². The molecule has 0 aliphatic carbocycles. The molecule has 0 radical (unpaired) electrons. The van der Waals surface area contributed by atoms with Gasteiger partial charge in [-0.15, -0.1) is 5.10 Å². The maximum Gasteiger partial charge on any atom is 0.249 e. The quantitative estimate of drug-likeness (QED) is 0.641. The topological polar surface area (TPSA) is 81.2 Å². The SMILES string of the molecule is CCOc1ccc(Nc2nncc(NCc3ccc(OC)cc3)n2)cc1. The lowest BCUT2D eigenvalue weighted by Gasteiger charge is -2.09. The highest BCUT2D eigenvalue weighted by molar-refractivity contribution is 5.55. The molecule has 0 atom stereocenters. The molecule has 0 spiro atoms. The van der Waals surface area contributed by atoms with Crippen LogP contribution < -0.4 is 20.1 Å². The molecule has 0 aliphatic rings. The minimum atomic E-state index is 0.425. The zero-order valence-electron chi connectivity index (χ0n) is 14.8. The van der Waals surface area contributed by atoms with Crippen LogP contribution >= 0.6 is 0 Å². The fraction of sp³-hybridized carbons (Fsp3) is 0.211. The van der Waals surface area contributed by atoms with Crippen LogP contribution in [0.25, 0.3) is 0 Å². The third-order valence-corrected chi connectivity index (χ3v) is 3.61. The number of nitrogens with one attached hydrogen (secondary N) is 2. The molecule has 1 heterocycles. The Morgan fingerprint density at radius 1 is 0.962 bits per heavy atom. The number of aromatic nitrogens is 3. The van der Waals surface area contributed by atoms with Crippen molar-refractivity contribution < 1.29 is 9.47 Å². The predicted octanol–water partition coefficient (Wildman–Crippen LogP) is 3.63. The molecule has 3 aromatic rings. The molecular weight excluding hydrogens is 330 g/mol. The average molecular weight is 351 g/mol. The minimum Gasteiger partial charge on any atom is -0.497 e. The van der Waals surface area contributed by atoms with E-state index >= 15 is 0 Å². The van der Waals surface area contributed by atoms with Gasteiger partial charge >= 0.3 is 0 Å². The molecule has 7 heteroatoms. The van der Waals surface area contributed by atoms with Crippen LogP contribution in [0.5, 0.6) is 11.5 Å². The van der Waals surface area contributed by atoms with E-state index in [4.69, 9.17) is 9.47 Å². The second-order valence-corrected chi connectivity index (χ2v) is 5.45. The molecule has 7 nitrogen and oxygen atoms in total. The smallest absolute Gasteiger partial charge is 0.249 e. The van der Waals surface area contributed by atoms with Gasteiger partial charge in [0.25, 0.3) is 0 Å². The fourth-order valence-electron chi connectivity index (χ4n) is 2.31. The van der Waals surface area contributed by atoms with Gasteiger partial charge in [0.15, 0.2) is 5.82 Å². The average Bonchev–Trinajstić information content (AvgIpc) is 2.69. The van der Waals surface area contributed by atoms with Gasteiger partial charge in [-0.25, -0.2) is 0 Å². The summed E-state index contributed by atoms with van der Waals surface area (Å²) < 4.78 is 10.6. The molecule has 134 valence electrons. The zero-order valence-corrected chi connectivity index (χ0v) is 14.8. The van der Waals surface area contributed by atoms with Crippen LogP contribution in [0, 0.1) is 0 Å². The van der Waals surface area contributed by atoms with Crippen molar-refractivity contribution in [2.24, 2.45) is 0 Å². The fourth-order valence-corrected chi connectivity index (χ4v) is 2.31. The summed E-state index contributed by atoms with van der Waals surface area (Å²) >= 11 is 0. The number of benzene rings is 2. The largest absolute Gasteiger partial charge is 0.497 e. The Morgan fingerprint density at radius 3 is 2.38 bits per heavy atom. The van der Waals surface area contributed by atoms with Crippen molar-refractivity contribution in [3.8, 4) is 11.5 Å². The first-order chi connectivity index (χ1) is 12.8. The lowest BCUT2D eigenvalue weighted by molar-refractivity contribution is 0.340. The normalized spacial score (nSPS) is 10.2. The Morgan fingerprint density at radius 2 is 1.69 bits per heavy atom. The second-order valence-electron chi connectivity index (χ2n) is 5.45. The van der Waals surface area contributed by atoms with Crippen LogP contribution in [0.2, 0.25) is 0 Å². The molecule has 0 amide bonds. The minimum absolute atomic E-state index is 0.425. The molecule has 0 fully saturated rings. The van der Waals surface area contributed by atoms with Gasteiger partial charge in [0.2, 0.25) is 5.95 Å². The summed E-state index contributed by atoms with van der Waals surface area (Å²) in [4.78, 5) is 4.42. The van der Waals surface area contributed by atoms with Gasteiger partial charge < -0.3 is 20.1 Å². The number of methoxy groups -OCH3 is 1. The molecule has 3 rings (SSSR count). The lowest BCUT2D eigenvalue weighted by atomic mass is 10.2. The molecule has 26 heavy (non-hydrogen) atoms. The van der Waals surface area contributed by atoms with Crippen molar-refractivity contribution in [2.75, 3.05) is 24.4 Å². The van der Waals surface area contributed by atoms with Gasteiger partial charge in [-0.3, -0.25) is 0 Å². The molecule has 0 unspecified atom stereocenters. The van der Waals surface area contributed by atoms with E-state index in [2.05, 4.69) is 25.8 Å². The highest BCUT2D eigenvalue weighted by atomic mass is 16.5. The second kappa shape index (κ2) is 8.66. The summed E-state index contributed by atoms with van der Waals surface area (Å²) in [6.45, 7) is 3.23. The third-order valence-electron chi connectivity index (χ3n) is 3.61. The Hall–Kier alpha value is -3.35. The Balaban J connectivity index is 1.60. The molecule has 2 N–H and O–H groups in total. The summed E-state index contributed by atoms with van der Waals surface area (Å²) in [5, 5.41) is 14.4. The van der Waals surface area contributed by atoms with Crippen LogP contribution in [0.15, 0.2) is 54.7 Å².